The quantitative estimate of drug-likeness (QED) is 0.662. The molecule has 1 aromatic heterocycles. The largest absolute Gasteiger partial charge is 0.343 e. The third kappa shape index (κ3) is 3.06. The van der Waals surface area contributed by atoms with Gasteiger partial charge in [-0.2, -0.15) is 0 Å². The zero-order valence-corrected chi connectivity index (χ0v) is 10.3. The first-order valence-corrected chi connectivity index (χ1v) is 6.68. The van der Waals surface area contributed by atoms with E-state index in [2.05, 4.69) is 5.48 Å². The van der Waals surface area contributed by atoms with Crippen molar-refractivity contribution in [3.8, 4) is 0 Å². The molecule has 0 aliphatic heterocycles. The van der Waals surface area contributed by atoms with Crippen LogP contribution in [0.5, 0.6) is 0 Å². The fourth-order valence-corrected chi connectivity index (χ4v) is 2.67. The fourth-order valence-electron chi connectivity index (χ4n) is 2.02. The number of anilines is 1. The van der Waals surface area contributed by atoms with Gasteiger partial charge in [-0.05, 0) is 24.3 Å². The Hall–Kier alpha value is -1.36. The first-order valence-electron chi connectivity index (χ1n) is 5.80. The molecular formula is C12H15NO3S. The van der Waals surface area contributed by atoms with Crippen molar-refractivity contribution in [1.82, 2.24) is 0 Å². The van der Waals surface area contributed by atoms with Gasteiger partial charge in [0.25, 0.3) is 0 Å². The Kier molecular flexibility index (Phi) is 4.14. The number of carbonyl (C=O) groups is 2. The second-order valence-corrected chi connectivity index (χ2v) is 5.12. The highest BCUT2D eigenvalue weighted by Gasteiger charge is 2.23. The molecule has 2 rings (SSSR count). The normalized spacial score (nSPS) is 16.5. The van der Waals surface area contributed by atoms with Crippen molar-refractivity contribution in [2.45, 2.75) is 32.1 Å². The number of nitrogens with one attached hydrogen (secondary N) is 1. The predicted molar refractivity (Wildman–Crippen MR) is 66.0 cm³/mol. The summed E-state index contributed by atoms with van der Waals surface area (Å²) in [6, 6.07) is 1.72. The molecule has 0 saturated heterocycles. The minimum Gasteiger partial charge on any atom is -0.343 e. The van der Waals surface area contributed by atoms with E-state index in [0.717, 1.165) is 32.0 Å². The van der Waals surface area contributed by atoms with Crippen LogP contribution in [-0.2, 0) is 9.63 Å². The molecule has 1 aliphatic carbocycles. The Labute approximate surface area is 104 Å². The number of hydrogen-bond acceptors (Lipinski definition) is 5. The van der Waals surface area contributed by atoms with E-state index < -0.39 is 0 Å². The van der Waals surface area contributed by atoms with Crippen molar-refractivity contribution < 1.29 is 14.4 Å². The molecule has 0 spiro atoms. The van der Waals surface area contributed by atoms with Crippen molar-refractivity contribution in [2.75, 3.05) is 5.48 Å². The summed E-state index contributed by atoms with van der Waals surface area (Å²) in [6.45, 7) is 0. The van der Waals surface area contributed by atoms with Gasteiger partial charge in [0.05, 0.1) is 16.5 Å². The van der Waals surface area contributed by atoms with E-state index in [9.17, 15) is 9.59 Å². The van der Waals surface area contributed by atoms with Gasteiger partial charge >= 0.3 is 5.97 Å². The van der Waals surface area contributed by atoms with Crippen LogP contribution in [0.25, 0.3) is 0 Å². The summed E-state index contributed by atoms with van der Waals surface area (Å²) in [4.78, 5) is 28.0. The molecule has 1 saturated carbocycles. The molecule has 1 aromatic rings. The van der Waals surface area contributed by atoms with Crippen LogP contribution in [0.2, 0.25) is 0 Å². The van der Waals surface area contributed by atoms with Crippen molar-refractivity contribution in [2.24, 2.45) is 5.92 Å². The van der Waals surface area contributed by atoms with Crippen LogP contribution in [0.4, 0.5) is 5.69 Å². The van der Waals surface area contributed by atoms with Gasteiger partial charge in [-0.3, -0.25) is 4.79 Å². The Morgan fingerprint density at radius 3 is 2.88 bits per heavy atom. The maximum atomic E-state index is 11.7. The zero-order valence-electron chi connectivity index (χ0n) is 9.48. The van der Waals surface area contributed by atoms with E-state index in [0.29, 0.717) is 10.6 Å². The van der Waals surface area contributed by atoms with Gasteiger partial charge in [0.2, 0.25) is 0 Å². The molecule has 5 heteroatoms. The average Bonchev–Trinajstić information content (AvgIpc) is 2.84. The molecule has 1 N–H and O–H groups in total. The molecule has 0 aromatic carbocycles. The number of rotatable bonds is 4. The number of aldehydes is 1. The molecule has 1 heterocycles. The first kappa shape index (κ1) is 12.1. The Balaban J connectivity index is 1.85. The van der Waals surface area contributed by atoms with Crippen LogP contribution in [0.1, 0.15) is 41.8 Å². The lowest BCUT2D eigenvalue weighted by molar-refractivity contribution is -0.146. The van der Waals surface area contributed by atoms with Gasteiger partial charge in [0, 0.05) is 0 Å². The summed E-state index contributed by atoms with van der Waals surface area (Å²) in [5.41, 5.74) is 3.13. The lowest BCUT2D eigenvalue weighted by Crippen LogP contribution is -2.22. The van der Waals surface area contributed by atoms with Gasteiger partial charge in [-0.25, -0.2) is 10.3 Å². The molecule has 0 radical (unpaired) electrons. The summed E-state index contributed by atoms with van der Waals surface area (Å²) in [7, 11) is 0. The van der Waals surface area contributed by atoms with Crippen LogP contribution in [0, 0.1) is 5.92 Å². The molecule has 1 fully saturated rings. The molecule has 0 amide bonds. The standard InChI is InChI=1S/C12H15NO3S/c14-8-11-10(6-7-17-11)13-16-12(15)9-4-2-1-3-5-9/h6-9,13H,1-5H2. The highest BCUT2D eigenvalue weighted by molar-refractivity contribution is 7.12. The predicted octanol–water partition coefficient (Wildman–Crippen LogP) is 3.01. The van der Waals surface area contributed by atoms with E-state index in [1.54, 1.807) is 11.4 Å². The maximum Gasteiger partial charge on any atom is 0.335 e. The number of carbonyl (C=O) groups excluding carboxylic acids is 2. The molecule has 17 heavy (non-hydrogen) atoms. The summed E-state index contributed by atoms with van der Waals surface area (Å²) < 4.78 is 0. The molecule has 1 aliphatic rings. The highest BCUT2D eigenvalue weighted by Crippen LogP contribution is 2.25. The Morgan fingerprint density at radius 2 is 2.18 bits per heavy atom. The molecule has 92 valence electrons. The lowest BCUT2D eigenvalue weighted by Gasteiger charge is -2.19. The molecular weight excluding hydrogens is 238 g/mol. The second kappa shape index (κ2) is 5.82. The van der Waals surface area contributed by atoms with Crippen LogP contribution in [-0.4, -0.2) is 12.3 Å². The average molecular weight is 253 g/mol. The van der Waals surface area contributed by atoms with E-state index in [1.165, 1.54) is 17.8 Å². The summed E-state index contributed by atoms with van der Waals surface area (Å²) >= 11 is 1.31. The Morgan fingerprint density at radius 1 is 1.41 bits per heavy atom. The van der Waals surface area contributed by atoms with Gasteiger partial charge in [0.15, 0.2) is 6.29 Å². The van der Waals surface area contributed by atoms with Crippen LogP contribution >= 0.6 is 11.3 Å². The summed E-state index contributed by atoms with van der Waals surface area (Å²) in [6.07, 6.45) is 5.96. The smallest absolute Gasteiger partial charge is 0.335 e. The van der Waals surface area contributed by atoms with E-state index in [1.807, 2.05) is 0 Å². The minimum atomic E-state index is -0.215. The van der Waals surface area contributed by atoms with Gasteiger partial charge in [-0.1, -0.05) is 19.3 Å². The molecule has 0 unspecified atom stereocenters. The van der Waals surface area contributed by atoms with E-state index >= 15 is 0 Å². The molecule has 0 atom stereocenters. The number of thiophene rings is 1. The third-order valence-electron chi connectivity index (χ3n) is 3.00. The second-order valence-electron chi connectivity index (χ2n) is 4.17. The van der Waals surface area contributed by atoms with Crippen molar-refractivity contribution >= 4 is 29.3 Å². The SMILES string of the molecule is O=Cc1sccc1NOC(=O)C1CCCCC1. The third-order valence-corrected chi connectivity index (χ3v) is 3.84. The van der Waals surface area contributed by atoms with Gasteiger partial charge < -0.3 is 4.84 Å². The first-order chi connectivity index (χ1) is 8.31. The summed E-state index contributed by atoms with van der Waals surface area (Å²) in [5.74, 6) is -0.206. The van der Waals surface area contributed by atoms with Crippen molar-refractivity contribution in [3.05, 3.63) is 16.3 Å². The van der Waals surface area contributed by atoms with Gasteiger partial charge in [0.1, 0.15) is 0 Å². The van der Waals surface area contributed by atoms with Crippen LogP contribution in [0.15, 0.2) is 11.4 Å². The van der Waals surface area contributed by atoms with E-state index in [-0.39, 0.29) is 11.9 Å². The van der Waals surface area contributed by atoms with Crippen LogP contribution in [0.3, 0.4) is 0 Å². The van der Waals surface area contributed by atoms with Crippen LogP contribution < -0.4 is 5.48 Å². The zero-order chi connectivity index (χ0) is 12.1. The van der Waals surface area contributed by atoms with Gasteiger partial charge in [-0.15, -0.1) is 11.3 Å². The maximum absolute atomic E-state index is 11.7. The molecule has 0 bridgehead atoms. The van der Waals surface area contributed by atoms with E-state index in [4.69, 9.17) is 4.84 Å². The highest BCUT2D eigenvalue weighted by atomic mass is 32.1. The topological polar surface area (TPSA) is 55.4 Å². The molecule has 4 nitrogen and oxygen atoms in total. The Bertz CT molecular complexity index is 396. The lowest BCUT2D eigenvalue weighted by atomic mass is 9.89. The summed E-state index contributed by atoms with van der Waals surface area (Å²) in [5, 5.41) is 1.78. The monoisotopic (exact) mass is 253 g/mol. The van der Waals surface area contributed by atoms with Crippen molar-refractivity contribution in [3.63, 3.8) is 0 Å². The minimum absolute atomic E-state index is 0.00886. The number of hydrogen-bond donors (Lipinski definition) is 1. The van der Waals surface area contributed by atoms with Crippen molar-refractivity contribution in [1.29, 1.82) is 0 Å². The fraction of sp³-hybridized carbons (Fsp3) is 0.500.